The van der Waals surface area contributed by atoms with E-state index in [1.54, 1.807) is 24.3 Å². The van der Waals surface area contributed by atoms with Crippen molar-refractivity contribution in [3.63, 3.8) is 0 Å². The fourth-order valence-electron chi connectivity index (χ4n) is 2.82. The number of ether oxygens (including phenoxy) is 1. The first-order chi connectivity index (χ1) is 10.1. The molecular formula is C17H25NO3. The molecule has 2 rings (SSSR count). The molecule has 0 heterocycles. The molecule has 0 saturated heterocycles. The Morgan fingerprint density at radius 2 is 1.71 bits per heavy atom. The fraction of sp³-hybridized carbons (Fsp3) is 0.588. The van der Waals surface area contributed by atoms with Crippen molar-refractivity contribution in [2.45, 2.75) is 64.2 Å². The molecule has 1 fully saturated rings. The topological polar surface area (TPSA) is 58.6 Å². The van der Waals surface area contributed by atoms with Gasteiger partial charge in [-0.25, -0.2) is 4.79 Å². The largest absolute Gasteiger partial charge is 0.478 e. The summed E-state index contributed by atoms with van der Waals surface area (Å²) in [6.07, 6.45) is 9.06. The Balaban J connectivity index is 1.82. The molecule has 0 amide bonds. The Morgan fingerprint density at radius 3 is 2.29 bits per heavy atom. The fourth-order valence-corrected chi connectivity index (χ4v) is 2.82. The number of anilines is 1. The van der Waals surface area contributed by atoms with E-state index in [1.807, 2.05) is 6.92 Å². The number of benzene rings is 1. The van der Waals surface area contributed by atoms with Gasteiger partial charge in [-0.3, -0.25) is 0 Å². The van der Waals surface area contributed by atoms with Crippen LogP contribution in [-0.4, -0.2) is 23.4 Å². The van der Waals surface area contributed by atoms with Crippen LogP contribution in [0.2, 0.25) is 0 Å². The van der Waals surface area contributed by atoms with Crippen LogP contribution < -0.4 is 5.32 Å². The van der Waals surface area contributed by atoms with E-state index in [9.17, 15) is 4.79 Å². The van der Waals surface area contributed by atoms with Gasteiger partial charge in [0, 0.05) is 5.69 Å². The minimum Gasteiger partial charge on any atom is -0.478 e. The molecule has 1 atom stereocenters. The lowest BCUT2D eigenvalue weighted by molar-refractivity contribution is -0.00150. The first-order valence-electron chi connectivity index (χ1n) is 7.90. The average molecular weight is 291 g/mol. The molecule has 1 aliphatic carbocycles. The van der Waals surface area contributed by atoms with Crippen LogP contribution in [0.15, 0.2) is 24.3 Å². The standard InChI is InChI=1S/C17H25NO3/c1-13(21-16-7-5-3-2-4-6-8-16)18-15-11-9-14(10-12-15)17(19)20/h9-13,16,18H,2-8H2,1H3,(H,19,20). The van der Waals surface area contributed by atoms with Crippen LogP contribution in [-0.2, 0) is 4.74 Å². The van der Waals surface area contributed by atoms with Crippen LogP contribution in [0.1, 0.15) is 62.2 Å². The van der Waals surface area contributed by atoms with Gasteiger partial charge in [0.1, 0.15) is 6.23 Å². The highest BCUT2D eigenvalue weighted by Gasteiger charge is 2.15. The van der Waals surface area contributed by atoms with Gasteiger partial charge >= 0.3 is 5.97 Å². The van der Waals surface area contributed by atoms with Gasteiger partial charge in [0.05, 0.1) is 11.7 Å². The van der Waals surface area contributed by atoms with E-state index in [0.717, 1.165) is 18.5 Å². The van der Waals surface area contributed by atoms with Crippen molar-refractivity contribution >= 4 is 11.7 Å². The lowest BCUT2D eigenvalue weighted by Gasteiger charge is -2.25. The zero-order valence-corrected chi connectivity index (χ0v) is 12.7. The van der Waals surface area contributed by atoms with Crippen LogP contribution in [0.4, 0.5) is 5.69 Å². The number of aromatic carboxylic acids is 1. The van der Waals surface area contributed by atoms with Crippen molar-refractivity contribution in [1.29, 1.82) is 0 Å². The molecular weight excluding hydrogens is 266 g/mol. The Labute approximate surface area is 126 Å². The van der Waals surface area contributed by atoms with Crippen LogP contribution in [0.5, 0.6) is 0 Å². The van der Waals surface area contributed by atoms with Crippen molar-refractivity contribution in [2.75, 3.05) is 5.32 Å². The van der Waals surface area contributed by atoms with Gasteiger partial charge < -0.3 is 15.2 Å². The second kappa shape index (κ2) is 8.03. The molecule has 21 heavy (non-hydrogen) atoms. The van der Waals surface area contributed by atoms with Gasteiger partial charge in [-0.15, -0.1) is 0 Å². The monoisotopic (exact) mass is 291 g/mol. The third-order valence-electron chi connectivity index (χ3n) is 3.95. The first kappa shape index (κ1) is 15.8. The van der Waals surface area contributed by atoms with Crippen molar-refractivity contribution in [3.05, 3.63) is 29.8 Å². The Hall–Kier alpha value is -1.55. The Kier molecular flexibility index (Phi) is 6.05. The molecule has 2 N–H and O–H groups in total. The predicted octanol–water partition coefficient (Wildman–Crippen LogP) is 4.27. The zero-order valence-electron chi connectivity index (χ0n) is 12.7. The normalized spacial score (nSPS) is 18.5. The number of nitrogens with one attached hydrogen (secondary N) is 1. The third-order valence-corrected chi connectivity index (χ3v) is 3.95. The Morgan fingerprint density at radius 1 is 1.14 bits per heavy atom. The Bertz CT molecular complexity index is 436. The number of hydrogen-bond donors (Lipinski definition) is 2. The molecule has 0 radical (unpaired) electrons. The number of carboxylic acid groups (broad SMARTS) is 1. The molecule has 0 aromatic heterocycles. The minimum atomic E-state index is -0.902. The smallest absolute Gasteiger partial charge is 0.335 e. The number of hydrogen-bond acceptors (Lipinski definition) is 3. The van der Waals surface area contributed by atoms with E-state index in [-0.39, 0.29) is 6.23 Å². The molecule has 0 aliphatic heterocycles. The van der Waals surface area contributed by atoms with Crippen LogP contribution >= 0.6 is 0 Å². The SMILES string of the molecule is CC(Nc1ccc(C(=O)O)cc1)OC1CCCCCCC1. The van der Waals surface area contributed by atoms with Gasteiger partial charge in [-0.1, -0.05) is 32.1 Å². The summed E-state index contributed by atoms with van der Waals surface area (Å²) in [5.74, 6) is -0.902. The van der Waals surface area contributed by atoms with Gasteiger partial charge in [-0.05, 0) is 44.0 Å². The van der Waals surface area contributed by atoms with Gasteiger partial charge in [0.2, 0.25) is 0 Å². The molecule has 1 saturated carbocycles. The predicted molar refractivity (Wildman–Crippen MR) is 83.7 cm³/mol. The van der Waals surface area contributed by atoms with E-state index in [2.05, 4.69) is 5.32 Å². The summed E-state index contributed by atoms with van der Waals surface area (Å²) in [6, 6.07) is 6.77. The van der Waals surface area contributed by atoms with Crippen LogP contribution in [0.25, 0.3) is 0 Å². The van der Waals surface area contributed by atoms with Gasteiger partial charge in [0.15, 0.2) is 0 Å². The average Bonchev–Trinajstić information content (AvgIpc) is 2.42. The lowest BCUT2D eigenvalue weighted by Crippen LogP contribution is -2.26. The highest BCUT2D eigenvalue weighted by Crippen LogP contribution is 2.21. The quantitative estimate of drug-likeness (QED) is 0.795. The molecule has 4 nitrogen and oxygen atoms in total. The summed E-state index contributed by atoms with van der Waals surface area (Å²) in [5, 5.41) is 12.2. The van der Waals surface area contributed by atoms with Crippen molar-refractivity contribution < 1.29 is 14.6 Å². The summed E-state index contributed by atoms with van der Waals surface area (Å²) < 4.78 is 6.08. The van der Waals surface area contributed by atoms with Crippen molar-refractivity contribution in [2.24, 2.45) is 0 Å². The maximum atomic E-state index is 10.8. The molecule has 4 heteroatoms. The molecule has 116 valence electrons. The van der Waals surface area contributed by atoms with E-state index >= 15 is 0 Å². The summed E-state index contributed by atoms with van der Waals surface area (Å²) in [5.41, 5.74) is 1.19. The maximum Gasteiger partial charge on any atom is 0.335 e. The second-order valence-electron chi connectivity index (χ2n) is 5.77. The summed E-state index contributed by atoms with van der Waals surface area (Å²) in [4.78, 5) is 10.8. The van der Waals surface area contributed by atoms with Gasteiger partial charge in [-0.2, -0.15) is 0 Å². The zero-order chi connectivity index (χ0) is 15.1. The van der Waals surface area contributed by atoms with E-state index in [0.29, 0.717) is 11.7 Å². The number of rotatable bonds is 5. The summed E-state index contributed by atoms with van der Waals surface area (Å²) in [6.45, 7) is 2.00. The molecule has 1 unspecified atom stereocenters. The highest BCUT2D eigenvalue weighted by molar-refractivity contribution is 5.87. The molecule has 1 aromatic carbocycles. The van der Waals surface area contributed by atoms with E-state index < -0.39 is 5.97 Å². The van der Waals surface area contributed by atoms with Gasteiger partial charge in [0.25, 0.3) is 0 Å². The number of carbonyl (C=O) groups is 1. The summed E-state index contributed by atoms with van der Waals surface area (Å²) in [7, 11) is 0. The molecule has 1 aliphatic rings. The van der Waals surface area contributed by atoms with E-state index in [4.69, 9.17) is 9.84 Å². The molecule has 1 aromatic rings. The number of carboxylic acids is 1. The van der Waals surface area contributed by atoms with E-state index in [1.165, 1.54) is 32.1 Å². The second-order valence-corrected chi connectivity index (χ2v) is 5.77. The summed E-state index contributed by atoms with van der Waals surface area (Å²) >= 11 is 0. The van der Waals surface area contributed by atoms with Crippen molar-refractivity contribution in [1.82, 2.24) is 0 Å². The van der Waals surface area contributed by atoms with Crippen LogP contribution in [0.3, 0.4) is 0 Å². The molecule has 0 bridgehead atoms. The lowest BCUT2D eigenvalue weighted by atomic mass is 9.98. The first-order valence-corrected chi connectivity index (χ1v) is 7.90. The highest BCUT2D eigenvalue weighted by atomic mass is 16.5. The molecule has 0 spiro atoms. The van der Waals surface area contributed by atoms with Crippen molar-refractivity contribution in [3.8, 4) is 0 Å². The minimum absolute atomic E-state index is 0.0647. The third kappa shape index (κ3) is 5.38. The maximum absolute atomic E-state index is 10.8. The van der Waals surface area contributed by atoms with Crippen LogP contribution in [0, 0.1) is 0 Å².